The number of hydrogen-bond acceptors (Lipinski definition) is 4. The van der Waals surface area contributed by atoms with E-state index in [2.05, 4.69) is 5.32 Å². The highest BCUT2D eigenvalue weighted by atomic mass is 32.2. The van der Waals surface area contributed by atoms with Crippen LogP contribution in [0.25, 0.3) is 0 Å². The topological polar surface area (TPSA) is 89.3 Å². The van der Waals surface area contributed by atoms with Crippen LogP contribution >= 0.6 is 0 Å². The molecule has 0 radical (unpaired) electrons. The number of anilines is 1. The molecule has 0 fully saturated rings. The third-order valence-electron chi connectivity index (χ3n) is 3.03. The molecule has 0 aliphatic heterocycles. The highest BCUT2D eigenvalue weighted by molar-refractivity contribution is 7.90. The minimum Gasteiger partial charge on any atom is -0.324 e. The van der Waals surface area contributed by atoms with Crippen LogP contribution in [0, 0.1) is 6.92 Å². The number of carbonyl (C=O) groups excluding carboxylic acids is 1. The maximum atomic E-state index is 12.8. The first-order valence-corrected chi connectivity index (χ1v) is 8.39. The molecule has 1 atom stereocenters. The zero-order valence-electron chi connectivity index (χ0n) is 12.1. The second-order valence-corrected chi connectivity index (χ2v) is 7.25. The first-order chi connectivity index (χ1) is 9.92. The molecule has 0 bridgehead atoms. The molecule has 0 aliphatic carbocycles. The first-order valence-electron chi connectivity index (χ1n) is 6.33. The molecular weight excluding hydrogens is 321 g/mol. The quantitative estimate of drug-likeness (QED) is 0.855. The van der Waals surface area contributed by atoms with Crippen LogP contribution in [0.2, 0.25) is 0 Å². The van der Waals surface area contributed by atoms with Gasteiger partial charge in [-0.2, -0.15) is 13.2 Å². The number of sulfone groups is 1. The molecular formula is C13H17F3N2O3S. The summed E-state index contributed by atoms with van der Waals surface area (Å²) in [4.78, 5) is 11.8. The van der Waals surface area contributed by atoms with E-state index in [1.807, 2.05) is 0 Å². The third-order valence-corrected chi connectivity index (χ3v) is 4.01. The summed E-state index contributed by atoms with van der Waals surface area (Å²) >= 11 is 0. The van der Waals surface area contributed by atoms with Gasteiger partial charge >= 0.3 is 6.18 Å². The molecule has 3 N–H and O–H groups in total. The number of nitrogens with one attached hydrogen (secondary N) is 1. The Morgan fingerprint density at radius 1 is 1.36 bits per heavy atom. The molecule has 0 aliphatic rings. The second kappa shape index (κ2) is 6.66. The van der Waals surface area contributed by atoms with Crippen molar-refractivity contribution in [2.45, 2.75) is 25.6 Å². The van der Waals surface area contributed by atoms with Gasteiger partial charge in [0.05, 0.1) is 17.4 Å². The smallest absolute Gasteiger partial charge is 0.324 e. The maximum absolute atomic E-state index is 12.8. The van der Waals surface area contributed by atoms with E-state index in [4.69, 9.17) is 5.73 Å². The van der Waals surface area contributed by atoms with E-state index >= 15 is 0 Å². The van der Waals surface area contributed by atoms with Crippen molar-refractivity contribution in [1.82, 2.24) is 0 Å². The number of hydrogen-bond donors (Lipinski definition) is 2. The maximum Gasteiger partial charge on any atom is 0.416 e. The summed E-state index contributed by atoms with van der Waals surface area (Å²) in [5, 5.41) is 2.30. The molecule has 1 aromatic rings. The Morgan fingerprint density at radius 2 is 1.95 bits per heavy atom. The van der Waals surface area contributed by atoms with E-state index in [1.54, 1.807) is 0 Å². The monoisotopic (exact) mass is 338 g/mol. The highest BCUT2D eigenvalue weighted by Gasteiger charge is 2.33. The van der Waals surface area contributed by atoms with Crippen molar-refractivity contribution in [3.05, 3.63) is 29.3 Å². The molecule has 0 saturated heterocycles. The molecule has 9 heteroatoms. The lowest BCUT2D eigenvalue weighted by atomic mass is 10.1. The van der Waals surface area contributed by atoms with Crippen LogP contribution in [0.3, 0.4) is 0 Å². The predicted molar refractivity (Wildman–Crippen MR) is 77.1 cm³/mol. The number of benzene rings is 1. The zero-order chi connectivity index (χ0) is 17.1. The van der Waals surface area contributed by atoms with Gasteiger partial charge in [-0.25, -0.2) is 8.42 Å². The van der Waals surface area contributed by atoms with Crippen LogP contribution in [-0.4, -0.2) is 32.4 Å². The van der Waals surface area contributed by atoms with Crippen molar-refractivity contribution >= 4 is 21.4 Å². The van der Waals surface area contributed by atoms with Crippen molar-refractivity contribution in [3.8, 4) is 0 Å². The summed E-state index contributed by atoms with van der Waals surface area (Å²) in [5.41, 5.74) is 4.56. The average molecular weight is 338 g/mol. The van der Waals surface area contributed by atoms with Crippen molar-refractivity contribution in [3.63, 3.8) is 0 Å². The minimum atomic E-state index is -4.52. The molecule has 1 unspecified atom stereocenters. The van der Waals surface area contributed by atoms with Gasteiger partial charge in [0, 0.05) is 11.9 Å². The van der Waals surface area contributed by atoms with Crippen molar-refractivity contribution < 1.29 is 26.4 Å². The summed E-state index contributed by atoms with van der Waals surface area (Å²) in [5.74, 6) is -1.01. The van der Waals surface area contributed by atoms with Crippen LogP contribution in [0.15, 0.2) is 18.2 Å². The fourth-order valence-corrected chi connectivity index (χ4v) is 2.46. The molecule has 1 amide bonds. The Kier molecular flexibility index (Phi) is 5.58. The normalized spacial score (nSPS) is 13.7. The number of carbonyl (C=O) groups is 1. The standard InChI is InChI=1S/C13H17F3N2O3S/c1-8-9(13(14,15)16)4-3-5-11(8)18-12(19)10(17)6-7-22(2,20)21/h3-5,10H,6-7,17H2,1-2H3,(H,18,19). The molecule has 124 valence electrons. The lowest BCUT2D eigenvalue weighted by molar-refractivity contribution is -0.138. The van der Waals surface area contributed by atoms with Crippen molar-refractivity contribution in [2.24, 2.45) is 5.73 Å². The van der Waals surface area contributed by atoms with Crippen LogP contribution in [0.1, 0.15) is 17.5 Å². The number of amides is 1. The summed E-state index contributed by atoms with van der Waals surface area (Å²) < 4.78 is 60.3. The van der Waals surface area contributed by atoms with Gasteiger partial charge in [0.15, 0.2) is 0 Å². The van der Waals surface area contributed by atoms with Gasteiger partial charge in [-0.15, -0.1) is 0 Å². The fourth-order valence-electron chi connectivity index (χ4n) is 1.78. The molecule has 0 saturated carbocycles. The van der Waals surface area contributed by atoms with Crippen LogP contribution < -0.4 is 11.1 Å². The minimum absolute atomic E-state index is 0.00497. The van der Waals surface area contributed by atoms with E-state index in [1.165, 1.54) is 19.1 Å². The van der Waals surface area contributed by atoms with Crippen molar-refractivity contribution in [2.75, 3.05) is 17.3 Å². The molecule has 1 aromatic carbocycles. The number of alkyl halides is 3. The summed E-state index contributed by atoms with van der Waals surface area (Å²) in [6.45, 7) is 1.24. The Balaban J connectivity index is 2.85. The largest absolute Gasteiger partial charge is 0.416 e. The Hall–Kier alpha value is -1.61. The highest BCUT2D eigenvalue weighted by Crippen LogP contribution is 2.34. The van der Waals surface area contributed by atoms with Gasteiger partial charge < -0.3 is 11.1 Å². The van der Waals surface area contributed by atoms with E-state index < -0.39 is 33.5 Å². The van der Waals surface area contributed by atoms with Gasteiger partial charge in [-0.05, 0) is 31.0 Å². The van der Waals surface area contributed by atoms with Gasteiger partial charge in [0.1, 0.15) is 9.84 Å². The molecule has 0 spiro atoms. The molecule has 0 aromatic heterocycles. The molecule has 0 heterocycles. The van der Waals surface area contributed by atoms with Crippen LogP contribution in [-0.2, 0) is 20.8 Å². The van der Waals surface area contributed by atoms with Gasteiger partial charge in [-0.1, -0.05) is 6.07 Å². The fraction of sp³-hybridized carbons (Fsp3) is 0.462. The SMILES string of the molecule is Cc1c(NC(=O)C(N)CCS(C)(=O)=O)cccc1C(F)(F)F. The van der Waals surface area contributed by atoms with Gasteiger partial charge in [0.25, 0.3) is 0 Å². The summed E-state index contributed by atoms with van der Waals surface area (Å²) in [6, 6.07) is 2.29. The third kappa shape index (κ3) is 5.30. The van der Waals surface area contributed by atoms with E-state index in [0.717, 1.165) is 12.3 Å². The Labute approximate surface area is 126 Å². The van der Waals surface area contributed by atoms with E-state index in [-0.39, 0.29) is 23.4 Å². The zero-order valence-corrected chi connectivity index (χ0v) is 12.9. The first kappa shape index (κ1) is 18.4. The van der Waals surface area contributed by atoms with Gasteiger partial charge in [-0.3, -0.25) is 4.79 Å². The second-order valence-electron chi connectivity index (χ2n) is 4.99. The average Bonchev–Trinajstić information content (AvgIpc) is 2.36. The van der Waals surface area contributed by atoms with Crippen molar-refractivity contribution in [1.29, 1.82) is 0 Å². The molecule has 1 rings (SSSR count). The lowest BCUT2D eigenvalue weighted by Gasteiger charge is -2.16. The van der Waals surface area contributed by atoms with E-state index in [9.17, 15) is 26.4 Å². The van der Waals surface area contributed by atoms with E-state index in [0.29, 0.717) is 0 Å². The summed E-state index contributed by atoms with van der Waals surface area (Å²) in [6.07, 6.45) is -3.62. The lowest BCUT2D eigenvalue weighted by Crippen LogP contribution is -2.37. The Morgan fingerprint density at radius 3 is 2.45 bits per heavy atom. The molecule has 22 heavy (non-hydrogen) atoms. The van der Waals surface area contributed by atoms with Gasteiger partial charge in [0.2, 0.25) is 5.91 Å². The van der Waals surface area contributed by atoms with Crippen LogP contribution in [0.5, 0.6) is 0 Å². The molecule has 5 nitrogen and oxygen atoms in total. The van der Waals surface area contributed by atoms with Crippen LogP contribution in [0.4, 0.5) is 18.9 Å². The summed E-state index contributed by atoms with van der Waals surface area (Å²) in [7, 11) is -3.27. The number of rotatable bonds is 5. The Bertz CT molecular complexity index is 657. The number of nitrogens with two attached hydrogens (primary N) is 1. The predicted octanol–water partition coefficient (Wildman–Crippen LogP) is 1.71. The number of halogens is 3.